The van der Waals surface area contributed by atoms with E-state index in [-0.39, 0.29) is 24.8 Å². The van der Waals surface area contributed by atoms with E-state index in [1.165, 1.54) is 0 Å². The average Bonchev–Trinajstić information content (AvgIpc) is 2.82. The molecule has 3 aromatic carbocycles. The zero-order valence-electron chi connectivity index (χ0n) is 17.9. The van der Waals surface area contributed by atoms with Crippen LogP contribution in [0.25, 0.3) is 0 Å². The fourth-order valence-electron chi connectivity index (χ4n) is 3.61. The van der Waals surface area contributed by atoms with E-state index in [0.717, 1.165) is 11.1 Å². The van der Waals surface area contributed by atoms with Gasteiger partial charge < -0.3 is 10.2 Å². The van der Waals surface area contributed by atoms with Crippen LogP contribution in [-0.2, 0) is 29.0 Å². The van der Waals surface area contributed by atoms with Crippen LogP contribution in [0.4, 0.5) is 0 Å². The number of aryl methyl sites for hydroxylation is 1. The van der Waals surface area contributed by atoms with Crippen LogP contribution in [0.5, 0.6) is 0 Å². The minimum atomic E-state index is -0.696. The van der Waals surface area contributed by atoms with Crippen molar-refractivity contribution in [1.82, 2.24) is 10.2 Å². The fraction of sp³-hybridized carbons (Fsp3) is 0.231. The zero-order chi connectivity index (χ0) is 22.9. The minimum absolute atomic E-state index is 0.130. The second-order valence-electron chi connectivity index (χ2n) is 7.53. The van der Waals surface area contributed by atoms with Gasteiger partial charge in [0.25, 0.3) is 0 Å². The van der Waals surface area contributed by atoms with Crippen LogP contribution in [0.1, 0.15) is 23.1 Å². The highest BCUT2D eigenvalue weighted by Gasteiger charge is 2.30. The lowest BCUT2D eigenvalue weighted by Gasteiger charge is -2.31. The number of benzene rings is 3. The largest absolute Gasteiger partial charge is 0.357 e. The predicted molar refractivity (Wildman–Crippen MR) is 130 cm³/mol. The number of likely N-dealkylation sites (N-methyl/N-ethyl adjacent to an activating group) is 1. The van der Waals surface area contributed by atoms with Gasteiger partial charge in [0.15, 0.2) is 0 Å². The first-order chi connectivity index (χ1) is 15.5. The van der Waals surface area contributed by atoms with Crippen LogP contribution in [0.15, 0.2) is 78.9 Å². The van der Waals surface area contributed by atoms with E-state index in [0.29, 0.717) is 28.5 Å². The summed E-state index contributed by atoms with van der Waals surface area (Å²) in [5.41, 5.74) is 2.66. The molecule has 1 unspecified atom stereocenters. The quantitative estimate of drug-likeness (QED) is 0.462. The number of nitrogens with one attached hydrogen (secondary N) is 1. The van der Waals surface area contributed by atoms with Gasteiger partial charge in [0.1, 0.15) is 6.04 Å². The molecule has 0 heterocycles. The second kappa shape index (κ2) is 11.7. The molecule has 0 saturated heterocycles. The van der Waals surface area contributed by atoms with Gasteiger partial charge in [-0.15, -0.1) is 0 Å². The molecule has 1 atom stereocenters. The van der Waals surface area contributed by atoms with Gasteiger partial charge in [0.2, 0.25) is 11.8 Å². The van der Waals surface area contributed by atoms with E-state index >= 15 is 0 Å². The molecule has 3 rings (SSSR count). The van der Waals surface area contributed by atoms with Gasteiger partial charge in [-0.05, 0) is 29.7 Å². The lowest BCUT2D eigenvalue weighted by molar-refractivity contribution is -0.141. The first-order valence-electron chi connectivity index (χ1n) is 10.5. The van der Waals surface area contributed by atoms with Crippen LogP contribution in [0.2, 0.25) is 10.0 Å². The van der Waals surface area contributed by atoms with Crippen molar-refractivity contribution in [2.75, 3.05) is 7.05 Å². The summed E-state index contributed by atoms with van der Waals surface area (Å²) < 4.78 is 0. The van der Waals surface area contributed by atoms with Crippen LogP contribution in [0, 0.1) is 0 Å². The normalized spacial score (nSPS) is 11.6. The summed E-state index contributed by atoms with van der Waals surface area (Å²) in [5.74, 6) is -0.362. The van der Waals surface area contributed by atoms with E-state index in [2.05, 4.69) is 5.32 Å². The number of halogens is 2. The van der Waals surface area contributed by atoms with Crippen molar-refractivity contribution in [2.45, 2.75) is 31.8 Å². The monoisotopic (exact) mass is 468 g/mol. The molecule has 166 valence electrons. The molecule has 0 spiro atoms. The zero-order valence-corrected chi connectivity index (χ0v) is 19.4. The highest BCUT2D eigenvalue weighted by molar-refractivity contribution is 6.36. The van der Waals surface area contributed by atoms with E-state index in [9.17, 15) is 9.59 Å². The number of carbonyl (C=O) groups is 2. The van der Waals surface area contributed by atoms with Crippen molar-refractivity contribution in [1.29, 1.82) is 0 Å². The summed E-state index contributed by atoms with van der Waals surface area (Å²) in [6.45, 7) is 0.150. The molecule has 0 bridgehead atoms. The number of hydrogen-bond donors (Lipinski definition) is 1. The Morgan fingerprint density at radius 3 is 1.97 bits per heavy atom. The molecule has 0 radical (unpaired) electrons. The Balaban J connectivity index is 1.92. The maximum atomic E-state index is 13.5. The Morgan fingerprint density at radius 2 is 1.41 bits per heavy atom. The summed E-state index contributed by atoms with van der Waals surface area (Å²) in [4.78, 5) is 28.0. The highest BCUT2D eigenvalue weighted by Crippen LogP contribution is 2.27. The molecular weight excluding hydrogens is 443 g/mol. The molecule has 1 N–H and O–H groups in total. The van der Waals surface area contributed by atoms with Gasteiger partial charge in [-0.3, -0.25) is 9.59 Å². The summed E-state index contributed by atoms with van der Waals surface area (Å²) in [6, 6.07) is 24.0. The van der Waals surface area contributed by atoms with Crippen molar-refractivity contribution < 1.29 is 9.59 Å². The SMILES string of the molecule is CNC(=O)C(Cc1ccccc1)N(Cc1c(Cl)cccc1Cl)C(=O)CCc1ccccc1. The third-order valence-electron chi connectivity index (χ3n) is 5.38. The lowest BCUT2D eigenvalue weighted by atomic mass is 10.0. The molecule has 0 saturated carbocycles. The molecule has 32 heavy (non-hydrogen) atoms. The number of rotatable bonds is 9. The van der Waals surface area contributed by atoms with Crippen LogP contribution < -0.4 is 5.32 Å². The van der Waals surface area contributed by atoms with Crippen LogP contribution >= 0.6 is 23.2 Å². The molecule has 0 fully saturated rings. The first-order valence-corrected chi connectivity index (χ1v) is 11.3. The molecule has 0 aliphatic heterocycles. The molecule has 4 nitrogen and oxygen atoms in total. The number of nitrogens with zero attached hydrogens (tertiary/aromatic N) is 1. The summed E-state index contributed by atoms with van der Waals surface area (Å²) in [6.07, 6.45) is 1.24. The maximum Gasteiger partial charge on any atom is 0.242 e. The second-order valence-corrected chi connectivity index (χ2v) is 8.34. The third-order valence-corrected chi connectivity index (χ3v) is 6.09. The van der Waals surface area contributed by atoms with Crippen molar-refractivity contribution >= 4 is 35.0 Å². The Morgan fingerprint density at radius 1 is 0.844 bits per heavy atom. The Kier molecular flexibility index (Phi) is 8.72. The van der Waals surface area contributed by atoms with E-state index in [1.54, 1.807) is 30.1 Å². The average molecular weight is 469 g/mol. The Hall–Kier alpha value is -2.82. The van der Waals surface area contributed by atoms with E-state index < -0.39 is 6.04 Å². The van der Waals surface area contributed by atoms with Gasteiger partial charge in [-0.2, -0.15) is 0 Å². The minimum Gasteiger partial charge on any atom is -0.357 e. The topological polar surface area (TPSA) is 49.4 Å². The molecular formula is C26H26Cl2N2O2. The van der Waals surface area contributed by atoms with Crippen molar-refractivity contribution in [3.8, 4) is 0 Å². The molecule has 6 heteroatoms. The lowest BCUT2D eigenvalue weighted by Crippen LogP contribution is -2.49. The van der Waals surface area contributed by atoms with Crippen LogP contribution in [-0.4, -0.2) is 29.8 Å². The highest BCUT2D eigenvalue weighted by atomic mass is 35.5. The van der Waals surface area contributed by atoms with Gasteiger partial charge >= 0.3 is 0 Å². The van der Waals surface area contributed by atoms with Crippen molar-refractivity contribution in [3.05, 3.63) is 106 Å². The summed E-state index contributed by atoms with van der Waals surface area (Å²) in [7, 11) is 1.58. The summed E-state index contributed by atoms with van der Waals surface area (Å²) >= 11 is 12.8. The molecule has 2 amide bonds. The van der Waals surface area contributed by atoms with Gasteiger partial charge in [-0.1, -0.05) is 89.9 Å². The predicted octanol–water partition coefficient (Wildman–Crippen LogP) is 5.31. The number of amides is 2. The van der Waals surface area contributed by atoms with Gasteiger partial charge in [0, 0.05) is 42.0 Å². The number of carbonyl (C=O) groups excluding carboxylic acids is 2. The van der Waals surface area contributed by atoms with Gasteiger partial charge in [0.05, 0.1) is 0 Å². The summed E-state index contributed by atoms with van der Waals surface area (Å²) in [5, 5.41) is 3.64. The maximum absolute atomic E-state index is 13.5. The molecule has 0 aromatic heterocycles. The third kappa shape index (κ3) is 6.35. The van der Waals surface area contributed by atoms with Crippen LogP contribution in [0.3, 0.4) is 0 Å². The van der Waals surface area contributed by atoms with Crippen molar-refractivity contribution in [3.63, 3.8) is 0 Å². The molecule has 3 aromatic rings. The molecule has 0 aliphatic carbocycles. The standard InChI is InChI=1S/C26H26Cl2N2O2/c1-29-26(32)24(17-20-11-6-3-7-12-20)30(18-21-22(27)13-8-14-23(21)28)25(31)16-15-19-9-4-2-5-10-19/h2-14,24H,15-18H2,1H3,(H,29,32). The van der Waals surface area contributed by atoms with E-state index in [1.807, 2.05) is 60.7 Å². The molecule has 0 aliphatic rings. The fourth-order valence-corrected chi connectivity index (χ4v) is 4.13. The Labute approximate surface area is 199 Å². The van der Waals surface area contributed by atoms with Crippen molar-refractivity contribution in [2.24, 2.45) is 0 Å². The van der Waals surface area contributed by atoms with Gasteiger partial charge in [-0.25, -0.2) is 0 Å². The smallest absolute Gasteiger partial charge is 0.242 e. The Bertz CT molecular complexity index is 1020. The number of hydrogen-bond acceptors (Lipinski definition) is 2. The van der Waals surface area contributed by atoms with E-state index in [4.69, 9.17) is 23.2 Å². The first kappa shape index (κ1) is 23.8.